The fourth-order valence-corrected chi connectivity index (χ4v) is 4.46. The quantitative estimate of drug-likeness (QED) is 0.224. The van der Waals surface area contributed by atoms with Gasteiger partial charge in [-0.1, -0.05) is 46.4 Å². The van der Waals surface area contributed by atoms with Gasteiger partial charge in [-0.3, -0.25) is 4.79 Å². The van der Waals surface area contributed by atoms with E-state index in [2.05, 4.69) is 10.3 Å². The first-order valence-electron chi connectivity index (χ1n) is 10.3. The van der Waals surface area contributed by atoms with Crippen molar-refractivity contribution in [2.75, 3.05) is 5.32 Å². The zero-order valence-electron chi connectivity index (χ0n) is 17.7. The maximum absolute atomic E-state index is 12.4. The highest BCUT2D eigenvalue weighted by Gasteiger charge is 2.12. The number of hydrogen-bond donors (Lipinski definition) is 1. The lowest BCUT2D eigenvalue weighted by Crippen LogP contribution is -2.07. The Hall–Kier alpha value is -3.22. The predicted molar refractivity (Wildman–Crippen MR) is 141 cm³/mol. The molecule has 0 radical (unpaired) electrons. The van der Waals surface area contributed by atoms with E-state index in [0.29, 0.717) is 54.3 Å². The minimum Gasteiger partial charge on any atom is -0.457 e. The van der Waals surface area contributed by atoms with Crippen LogP contribution >= 0.6 is 46.4 Å². The fourth-order valence-electron chi connectivity index (χ4n) is 3.41. The summed E-state index contributed by atoms with van der Waals surface area (Å²) >= 11 is 24.3. The smallest absolute Gasteiger partial charge is 0.248 e. The zero-order chi connectivity index (χ0) is 24.5. The van der Waals surface area contributed by atoms with Gasteiger partial charge >= 0.3 is 0 Å². The molecule has 1 amide bonds. The maximum Gasteiger partial charge on any atom is 0.248 e. The lowest BCUT2D eigenvalue weighted by atomic mass is 10.2. The number of furan rings is 1. The van der Waals surface area contributed by atoms with Crippen LogP contribution in [0.3, 0.4) is 0 Å². The Morgan fingerprint density at radius 3 is 2.26 bits per heavy atom. The summed E-state index contributed by atoms with van der Waals surface area (Å²) in [4.78, 5) is 16.8. The van der Waals surface area contributed by atoms with Crippen molar-refractivity contribution in [2.24, 2.45) is 0 Å². The van der Waals surface area contributed by atoms with Gasteiger partial charge in [0.25, 0.3) is 0 Å². The first-order chi connectivity index (χ1) is 16.8. The van der Waals surface area contributed by atoms with Gasteiger partial charge in [-0.15, -0.1) is 0 Å². The number of benzene rings is 3. The van der Waals surface area contributed by atoms with Crippen LogP contribution < -0.4 is 5.32 Å². The number of amides is 1. The van der Waals surface area contributed by atoms with Gasteiger partial charge in [-0.05, 0) is 72.8 Å². The van der Waals surface area contributed by atoms with Gasteiger partial charge in [0.05, 0.1) is 5.02 Å². The molecule has 2 heterocycles. The average molecular weight is 544 g/mol. The Morgan fingerprint density at radius 2 is 1.51 bits per heavy atom. The van der Waals surface area contributed by atoms with E-state index in [0.717, 1.165) is 11.1 Å². The molecule has 0 saturated heterocycles. The largest absolute Gasteiger partial charge is 0.457 e. The summed E-state index contributed by atoms with van der Waals surface area (Å²) in [6.45, 7) is 0. The molecule has 3 aromatic carbocycles. The van der Waals surface area contributed by atoms with Crippen molar-refractivity contribution < 1.29 is 13.6 Å². The molecule has 0 unspecified atom stereocenters. The van der Waals surface area contributed by atoms with Crippen LogP contribution in [0.25, 0.3) is 40.0 Å². The lowest BCUT2D eigenvalue weighted by molar-refractivity contribution is -0.111. The van der Waals surface area contributed by atoms with E-state index in [4.69, 9.17) is 55.2 Å². The van der Waals surface area contributed by atoms with Crippen molar-refractivity contribution in [3.05, 3.63) is 98.7 Å². The Kier molecular flexibility index (Phi) is 6.58. The second kappa shape index (κ2) is 9.80. The van der Waals surface area contributed by atoms with Gasteiger partial charge in [0.15, 0.2) is 5.58 Å². The number of fused-ring (bicyclic) bond motifs is 1. The van der Waals surface area contributed by atoms with Gasteiger partial charge in [-0.25, -0.2) is 4.98 Å². The molecule has 0 aliphatic carbocycles. The Balaban J connectivity index is 1.25. The van der Waals surface area contributed by atoms with E-state index in [-0.39, 0.29) is 5.91 Å². The van der Waals surface area contributed by atoms with Gasteiger partial charge in [-0.2, -0.15) is 0 Å². The molecule has 0 saturated carbocycles. The summed E-state index contributed by atoms with van der Waals surface area (Å²) in [5.41, 5.74) is 3.11. The van der Waals surface area contributed by atoms with Crippen LogP contribution in [0, 0.1) is 0 Å². The molecule has 0 aliphatic rings. The first-order valence-corrected chi connectivity index (χ1v) is 11.8. The van der Waals surface area contributed by atoms with E-state index in [1.165, 1.54) is 6.08 Å². The van der Waals surface area contributed by atoms with Crippen LogP contribution in [0.2, 0.25) is 20.1 Å². The predicted octanol–water partition coefficient (Wildman–Crippen LogP) is 9.02. The number of carbonyl (C=O) groups is 1. The van der Waals surface area contributed by atoms with Gasteiger partial charge in [0.1, 0.15) is 17.0 Å². The molecule has 0 spiro atoms. The Morgan fingerprint density at radius 1 is 0.800 bits per heavy atom. The minimum absolute atomic E-state index is 0.315. The summed E-state index contributed by atoms with van der Waals surface area (Å²) in [7, 11) is 0. The van der Waals surface area contributed by atoms with Crippen LogP contribution in [-0.4, -0.2) is 10.9 Å². The Bertz CT molecular complexity index is 1570. The summed E-state index contributed by atoms with van der Waals surface area (Å²) in [6, 6.07) is 19.0. The fraction of sp³-hybridized carbons (Fsp3) is 0. The second-order valence-corrected chi connectivity index (χ2v) is 9.23. The number of anilines is 1. The first kappa shape index (κ1) is 23.5. The van der Waals surface area contributed by atoms with Gasteiger partial charge in [0.2, 0.25) is 11.8 Å². The van der Waals surface area contributed by atoms with E-state index in [9.17, 15) is 4.79 Å². The van der Waals surface area contributed by atoms with Crippen molar-refractivity contribution >= 4 is 75.2 Å². The van der Waals surface area contributed by atoms with Crippen molar-refractivity contribution in [1.82, 2.24) is 4.98 Å². The summed E-state index contributed by atoms with van der Waals surface area (Å²) < 4.78 is 11.5. The standard InChI is InChI=1S/C26H14Cl4N2O3/c27-16-9-15(10-17(28)11-16)23-7-5-20(34-23)6-8-24(33)31-19-3-1-14(2-4-19)26-32-22-13-18(29)12-21(30)25(22)35-26/h1-13H,(H,31,33)/b8-6+. The minimum atomic E-state index is -0.315. The molecule has 5 aromatic rings. The third-order valence-corrected chi connectivity index (χ3v) is 5.92. The number of oxazole rings is 1. The van der Waals surface area contributed by atoms with Crippen LogP contribution in [0.5, 0.6) is 0 Å². The number of rotatable bonds is 5. The van der Waals surface area contributed by atoms with Crippen LogP contribution in [-0.2, 0) is 4.79 Å². The molecule has 5 nitrogen and oxygen atoms in total. The zero-order valence-corrected chi connectivity index (χ0v) is 20.7. The summed E-state index contributed by atoms with van der Waals surface area (Å²) in [5.74, 6) is 1.19. The van der Waals surface area contributed by atoms with Crippen molar-refractivity contribution in [3.63, 3.8) is 0 Å². The molecule has 0 bridgehead atoms. The molecule has 35 heavy (non-hydrogen) atoms. The van der Waals surface area contributed by atoms with Crippen LogP contribution in [0.15, 0.2) is 81.6 Å². The summed E-state index contributed by atoms with van der Waals surface area (Å²) in [5, 5.41) is 4.69. The molecule has 5 rings (SSSR count). The molecular weight excluding hydrogens is 530 g/mol. The molecule has 9 heteroatoms. The maximum atomic E-state index is 12.4. The molecule has 1 N–H and O–H groups in total. The monoisotopic (exact) mass is 542 g/mol. The molecule has 0 atom stereocenters. The van der Waals surface area contributed by atoms with Crippen molar-refractivity contribution in [2.45, 2.75) is 0 Å². The topological polar surface area (TPSA) is 68.3 Å². The Labute approximate surface area is 219 Å². The second-order valence-electron chi connectivity index (χ2n) is 7.51. The average Bonchev–Trinajstić information content (AvgIpc) is 3.45. The van der Waals surface area contributed by atoms with Crippen LogP contribution in [0.4, 0.5) is 5.69 Å². The van der Waals surface area contributed by atoms with E-state index < -0.39 is 0 Å². The SMILES string of the molecule is O=C(/C=C/c1ccc(-c2cc(Cl)cc(Cl)c2)o1)Nc1ccc(-c2nc3cc(Cl)cc(Cl)c3o2)cc1. The molecule has 0 aliphatic heterocycles. The third-order valence-electron chi connectivity index (χ3n) is 4.98. The number of nitrogens with one attached hydrogen (secondary N) is 1. The summed E-state index contributed by atoms with van der Waals surface area (Å²) in [6.07, 6.45) is 2.96. The normalized spacial score (nSPS) is 11.4. The van der Waals surface area contributed by atoms with Crippen molar-refractivity contribution in [1.29, 1.82) is 0 Å². The lowest BCUT2D eigenvalue weighted by Gasteiger charge is -2.02. The van der Waals surface area contributed by atoms with E-state index in [1.54, 1.807) is 72.8 Å². The van der Waals surface area contributed by atoms with Crippen LogP contribution in [0.1, 0.15) is 5.76 Å². The number of carbonyl (C=O) groups excluding carboxylic acids is 1. The number of nitrogens with zero attached hydrogens (tertiary/aromatic N) is 1. The number of aromatic nitrogens is 1. The van der Waals surface area contributed by atoms with Gasteiger partial charge in [0, 0.05) is 38.0 Å². The molecule has 174 valence electrons. The highest BCUT2D eigenvalue weighted by molar-refractivity contribution is 6.38. The molecular formula is C26H14Cl4N2O3. The number of hydrogen-bond acceptors (Lipinski definition) is 4. The van der Waals surface area contributed by atoms with E-state index >= 15 is 0 Å². The highest BCUT2D eigenvalue weighted by atomic mass is 35.5. The number of halogens is 4. The van der Waals surface area contributed by atoms with Gasteiger partial charge < -0.3 is 14.2 Å². The third kappa shape index (κ3) is 5.39. The van der Waals surface area contributed by atoms with E-state index in [1.807, 2.05) is 0 Å². The van der Waals surface area contributed by atoms with Crippen molar-refractivity contribution in [3.8, 4) is 22.8 Å². The highest BCUT2D eigenvalue weighted by Crippen LogP contribution is 2.32. The molecule has 2 aromatic heterocycles. The molecule has 0 fully saturated rings.